The van der Waals surface area contributed by atoms with E-state index in [-0.39, 0.29) is 17.3 Å². The number of hydrogen-bond donors (Lipinski definition) is 1. The average Bonchev–Trinajstić information content (AvgIpc) is 2.85. The molecule has 3 rings (SSSR count). The van der Waals surface area contributed by atoms with Crippen LogP contribution in [0.4, 0.5) is 9.18 Å². The first-order valence-corrected chi connectivity index (χ1v) is 8.54. The summed E-state index contributed by atoms with van der Waals surface area (Å²) in [5, 5.41) is 1.79. The number of halogens is 2. The Kier molecular flexibility index (Phi) is 5.01. The van der Waals surface area contributed by atoms with E-state index in [0.717, 1.165) is 16.2 Å². The fourth-order valence-corrected chi connectivity index (χ4v) is 3.15. The quantitative estimate of drug-likeness (QED) is 0.758. The van der Waals surface area contributed by atoms with Gasteiger partial charge in [0, 0.05) is 15.6 Å². The predicted octanol–water partition coefficient (Wildman–Crippen LogP) is 4.49. The third-order valence-corrected chi connectivity index (χ3v) is 4.55. The van der Waals surface area contributed by atoms with Crippen LogP contribution in [0.1, 0.15) is 11.1 Å². The van der Waals surface area contributed by atoms with Crippen molar-refractivity contribution in [1.82, 2.24) is 5.32 Å². The molecule has 4 nitrogen and oxygen atoms in total. The predicted molar refractivity (Wildman–Crippen MR) is 94.0 cm³/mol. The van der Waals surface area contributed by atoms with E-state index < -0.39 is 11.1 Å². The largest absolute Gasteiger partial charge is 0.488 e. The fourth-order valence-electron chi connectivity index (χ4n) is 2.10. The van der Waals surface area contributed by atoms with E-state index in [4.69, 9.17) is 4.74 Å². The Bertz CT molecular complexity index is 853. The zero-order valence-electron chi connectivity index (χ0n) is 12.2. The van der Waals surface area contributed by atoms with E-state index in [9.17, 15) is 14.0 Å². The number of amides is 2. The molecular formula is C17H11BrFNO3S. The molecule has 1 fully saturated rings. The van der Waals surface area contributed by atoms with Gasteiger partial charge in [-0.05, 0) is 42.1 Å². The molecule has 1 aliphatic rings. The van der Waals surface area contributed by atoms with Gasteiger partial charge in [-0.1, -0.05) is 34.1 Å². The lowest BCUT2D eigenvalue weighted by atomic mass is 10.1. The standard InChI is InChI=1S/C17H11BrFNO3S/c18-12-5-6-14(23-9-10-3-1-2-4-13(10)19)11(7-12)8-15-16(21)20-17(22)24-15/h1-8H,9H2,(H,20,21,22)/b15-8-. The molecule has 0 unspecified atom stereocenters. The van der Waals surface area contributed by atoms with Crippen molar-refractivity contribution in [2.24, 2.45) is 0 Å². The number of rotatable bonds is 4. The summed E-state index contributed by atoms with van der Waals surface area (Å²) >= 11 is 4.19. The zero-order chi connectivity index (χ0) is 17.1. The molecule has 1 heterocycles. The third-order valence-electron chi connectivity index (χ3n) is 3.24. The molecule has 24 heavy (non-hydrogen) atoms. The maximum atomic E-state index is 13.7. The van der Waals surface area contributed by atoms with Crippen molar-refractivity contribution < 1.29 is 18.7 Å². The molecule has 0 aliphatic carbocycles. The molecule has 1 aliphatic heterocycles. The van der Waals surface area contributed by atoms with Crippen LogP contribution < -0.4 is 10.1 Å². The lowest BCUT2D eigenvalue weighted by Gasteiger charge is -2.11. The van der Waals surface area contributed by atoms with E-state index in [1.54, 1.807) is 42.5 Å². The molecule has 0 bridgehead atoms. The van der Waals surface area contributed by atoms with Crippen LogP contribution in [0.2, 0.25) is 0 Å². The topological polar surface area (TPSA) is 55.4 Å². The molecule has 2 aromatic rings. The zero-order valence-corrected chi connectivity index (χ0v) is 14.6. The Labute approximate surface area is 150 Å². The van der Waals surface area contributed by atoms with Gasteiger partial charge in [0.05, 0.1) is 4.91 Å². The average molecular weight is 408 g/mol. The normalized spacial score (nSPS) is 15.7. The second-order valence-electron chi connectivity index (χ2n) is 4.91. The van der Waals surface area contributed by atoms with E-state index in [0.29, 0.717) is 16.9 Å². The molecule has 0 saturated carbocycles. The Balaban J connectivity index is 1.86. The van der Waals surface area contributed by atoms with Gasteiger partial charge in [0.15, 0.2) is 0 Å². The molecule has 122 valence electrons. The molecule has 2 amide bonds. The van der Waals surface area contributed by atoms with Crippen molar-refractivity contribution >= 4 is 44.9 Å². The van der Waals surface area contributed by atoms with E-state index in [1.165, 1.54) is 6.07 Å². The highest BCUT2D eigenvalue weighted by molar-refractivity contribution is 9.10. The maximum absolute atomic E-state index is 13.7. The van der Waals surface area contributed by atoms with Gasteiger partial charge in [-0.2, -0.15) is 0 Å². The highest BCUT2D eigenvalue weighted by Gasteiger charge is 2.25. The Hall–Kier alpha value is -2.12. The van der Waals surface area contributed by atoms with Gasteiger partial charge in [0.2, 0.25) is 0 Å². The van der Waals surface area contributed by atoms with E-state index in [1.807, 2.05) is 0 Å². The maximum Gasteiger partial charge on any atom is 0.290 e. The molecule has 2 aromatic carbocycles. The van der Waals surface area contributed by atoms with Crippen molar-refractivity contribution in [2.45, 2.75) is 6.61 Å². The highest BCUT2D eigenvalue weighted by Crippen LogP contribution is 2.31. The first-order valence-electron chi connectivity index (χ1n) is 6.93. The SMILES string of the molecule is O=C1NC(=O)/C(=C/c2cc(Br)ccc2OCc2ccccc2F)S1. The molecule has 0 aromatic heterocycles. The number of carbonyl (C=O) groups is 2. The molecule has 0 spiro atoms. The lowest BCUT2D eigenvalue weighted by Crippen LogP contribution is -2.17. The van der Waals surface area contributed by atoms with Crippen LogP contribution in [0.5, 0.6) is 5.75 Å². The first-order chi connectivity index (χ1) is 11.5. The van der Waals surface area contributed by atoms with Crippen LogP contribution in [0.25, 0.3) is 6.08 Å². The Morgan fingerprint density at radius 1 is 1.21 bits per heavy atom. The number of hydrogen-bond acceptors (Lipinski definition) is 4. The number of benzene rings is 2. The van der Waals surface area contributed by atoms with Crippen molar-refractivity contribution in [3.8, 4) is 5.75 Å². The first kappa shape index (κ1) is 16.7. The highest BCUT2D eigenvalue weighted by atomic mass is 79.9. The van der Waals surface area contributed by atoms with Crippen LogP contribution in [0.3, 0.4) is 0 Å². The summed E-state index contributed by atoms with van der Waals surface area (Å²) in [6, 6.07) is 11.6. The molecule has 7 heteroatoms. The minimum atomic E-state index is -0.440. The summed E-state index contributed by atoms with van der Waals surface area (Å²) in [5.74, 6) is -0.294. The number of ether oxygens (including phenoxy) is 1. The monoisotopic (exact) mass is 407 g/mol. The number of carbonyl (C=O) groups excluding carboxylic acids is 2. The molecule has 0 radical (unpaired) electrons. The number of thioether (sulfide) groups is 1. The summed E-state index contributed by atoms with van der Waals surface area (Å²) in [4.78, 5) is 23.2. The van der Waals surface area contributed by atoms with Gasteiger partial charge in [-0.3, -0.25) is 14.9 Å². The minimum absolute atomic E-state index is 0.0583. The van der Waals surface area contributed by atoms with Crippen molar-refractivity contribution in [3.63, 3.8) is 0 Å². The molecule has 0 atom stereocenters. The Morgan fingerprint density at radius 3 is 2.71 bits per heavy atom. The molecular weight excluding hydrogens is 397 g/mol. The molecule has 1 saturated heterocycles. The summed E-state index contributed by atoms with van der Waals surface area (Å²) in [6.07, 6.45) is 1.58. The number of nitrogens with one attached hydrogen (secondary N) is 1. The molecule has 1 N–H and O–H groups in total. The van der Waals surface area contributed by atoms with Gasteiger partial charge >= 0.3 is 0 Å². The van der Waals surface area contributed by atoms with Crippen molar-refractivity contribution in [1.29, 1.82) is 0 Å². The van der Waals surface area contributed by atoms with Gasteiger partial charge < -0.3 is 4.74 Å². The number of imide groups is 1. The second kappa shape index (κ2) is 7.19. The Morgan fingerprint density at radius 2 is 2.00 bits per heavy atom. The van der Waals surface area contributed by atoms with Crippen LogP contribution in [-0.2, 0) is 11.4 Å². The fraction of sp³-hybridized carbons (Fsp3) is 0.0588. The van der Waals surface area contributed by atoms with Crippen molar-refractivity contribution in [3.05, 3.63) is 68.8 Å². The summed E-state index contributed by atoms with van der Waals surface area (Å²) in [7, 11) is 0. The summed E-state index contributed by atoms with van der Waals surface area (Å²) in [5.41, 5.74) is 1.05. The lowest BCUT2D eigenvalue weighted by molar-refractivity contribution is -0.115. The minimum Gasteiger partial charge on any atom is -0.488 e. The third kappa shape index (κ3) is 3.85. The van der Waals surface area contributed by atoms with Gasteiger partial charge in [-0.15, -0.1) is 0 Å². The van der Waals surface area contributed by atoms with Gasteiger partial charge in [0.25, 0.3) is 11.1 Å². The van der Waals surface area contributed by atoms with Crippen molar-refractivity contribution in [2.75, 3.05) is 0 Å². The summed E-state index contributed by atoms with van der Waals surface area (Å²) < 4.78 is 20.2. The van der Waals surface area contributed by atoms with Crippen LogP contribution >= 0.6 is 27.7 Å². The summed E-state index contributed by atoms with van der Waals surface area (Å²) in [6.45, 7) is 0.0583. The van der Waals surface area contributed by atoms with Crippen LogP contribution in [-0.4, -0.2) is 11.1 Å². The smallest absolute Gasteiger partial charge is 0.290 e. The second-order valence-corrected chi connectivity index (χ2v) is 6.84. The van der Waals surface area contributed by atoms with Crippen LogP contribution in [0, 0.1) is 5.82 Å². The van der Waals surface area contributed by atoms with E-state index in [2.05, 4.69) is 21.2 Å². The van der Waals surface area contributed by atoms with Gasteiger partial charge in [0.1, 0.15) is 18.2 Å². The van der Waals surface area contributed by atoms with Crippen LogP contribution in [0.15, 0.2) is 51.8 Å². The van der Waals surface area contributed by atoms with E-state index >= 15 is 0 Å². The van der Waals surface area contributed by atoms with Gasteiger partial charge in [-0.25, -0.2) is 4.39 Å².